The van der Waals surface area contributed by atoms with Gasteiger partial charge in [0.15, 0.2) is 0 Å². The van der Waals surface area contributed by atoms with Crippen LogP contribution in [0.5, 0.6) is 0 Å². The van der Waals surface area contributed by atoms with E-state index in [2.05, 4.69) is 17.2 Å². The lowest BCUT2D eigenvalue weighted by Gasteiger charge is -2.30. The minimum atomic E-state index is -0.457. The van der Waals surface area contributed by atoms with E-state index in [1.807, 2.05) is 62.3 Å². The maximum Gasteiger partial charge on any atom is 0.255 e. The molecule has 1 aromatic heterocycles. The lowest BCUT2D eigenvalue weighted by molar-refractivity contribution is -0.111. The summed E-state index contributed by atoms with van der Waals surface area (Å²) in [6, 6.07) is 20.0. The number of nitrogens with one attached hydrogen (secondary N) is 2. The van der Waals surface area contributed by atoms with Crippen LogP contribution in [0.4, 0.5) is 17.1 Å². The summed E-state index contributed by atoms with van der Waals surface area (Å²) in [5.41, 5.74) is 6.45. The molecule has 0 saturated carbocycles. The lowest BCUT2D eigenvalue weighted by Crippen LogP contribution is -2.40. The van der Waals surface area contributed by atoms with E-state index < -0.39 is 12.0 Å². The van der Waals surface area contributed by atoms with Gasteiger partial charge in [-0.15, -0.1) is 0 Å². The zero-order chi connectivity index (χ0) is 34.5. The van der Waals surface area contributed by atoms with Crippen molar-refractivity contribution in [2.45, 2.75) is 32.3 Å². The standard InChI is InChI=1S/C38H41N5O5/c1-6-35(45)39-34-21-25(10-15-32(34)38(48)43-18-16-30(44)17-19-43)20-27-22-28(23-42(5)37(27)47)31-8-7-9-33(24(31)2)40-36(46)26-11-13-29(14-12-26)41(3)4/h6-15,21-23,30,44H,1,16-20H2,2-5H3,(H,39,45)(H,40,46). The lowest BCUT2D eigenvalue weighted by atomic mass is 9.96. The predicted octanol–water partition coefficient (Wildman–Crippen LogP) is 4.99. The number of hydrogen-bond acceptors (Lipinski definition) is 6. The Morgan fingerprint density at radius 3 is 2.35 bits per heavy atom. The van der Waals surface area contributed by atoms with Gasteiger partial charge in [-0.05, 0) is 96.6 Å². The van der Waals surface area contributed by atoms with Gasteiger partial charge in [0.1, 0.15) is 0 Å². The maximum atomic E-state index is 13.4. The summed E-state index contributed by atoms with van der Waals surface area (Å²) in [4.78, 5) is 55.8. The Hall–Kier alpha value is -5.48. The zero-order valence-corrected chi connectivity index (χ0v) is 27.7. The molecular weight excluding hydrogens is 606 g/mol. The van der Waals surface area contributed by atoms with Crippen LogP contribution < -0.4 is 21.1 Å². The van der Waals surface area contributed by atoms with E-state index in [1.165, 1.54) is 4.57 Å². The highest BCUT2D eigenvalue weighted by Gasteiger charge is 2.25. The van der Waals surface area contributed by atoms with Gasteiger partial charge in [0.05, 0.1) is 17.4 Å². The molecule has 0 bridgehead atoms. The van der Waals surface area contributed by atoms with E-state index >= 15 is 0 Å². The minimum Gasteiger partial charge on any atom is -0.393 e. The molecule has 1 saturated heterocycles. The third-order valence-corrected chi connectivity index (χ3v) is 8.70. The second-order valence-corrected chi connectivity index (χ2v) is 12.3. The Balaban J connectivity index is 1.42. The van der Waals surface area contributed by atoms with Gasteiger partial charge in [0.2, 0.25) is 5.91 Å². The predicted molar refractivity (Wildman–Crippen MR) is 190 cm³/mol. The van der Waals surface area contributed by atoms with Gasteiger partial charge in [0, 0.05) is 69.4 Å². The molecule has 0 spiro atoms. The van der Waals surface area contributed by atoms with Crippen LogP contribution in [0.2, 0.25) is 0 Å². The summed E-state index contributed by atoms with van der Waals surface area (Å²) in [6.45, 7) is 6.31. The SMILES string of the molecule is C=CC(=O)Nc1cc(Cc2cc(-c3cccc(NC(=O)c4ccc(N(C)C)cc4)c3C)cn(C)c2=O)ccc1C(=O)N1CCC(O)CC1. The second kappa shape index (κ2) is 14.5. The fourth-order valence-corrected chi connectivity index (χ4v) is 5.88. The van der Waals surface area contributed by atoms with Crippen molar-refractivity contribution in [1.82, 2.24) is 9.47 Å². The Morgan fingerprint density at radius 2 is 1.69 bits per heavy atom. The average Bonchev–Trinajstić information content (AvgIpc) is 3.07. The van der Waals surface area contributed by atoms with E-state index in [0.717, 1.165) is 34.0 Å². The number of carbonyl (C=O) groups excluding carboxylic acids is 3. The number of nitrogens with zero attached hydrogens (tertiary/aromatic N) is 3. The molecule has 248 valence electrons. The van der Waals surface area contributed by atoms with Crippen molar-refractivity contribution in [3.63, 3.8) is 0 Å². The van der Waals surface area contributed by atoms with Crippen LogP contribution in [0.15, 0.2) is 90.4 Å². The maximum absolute atomic E-state index is 13.4. The number of aromatic nitrogens is 1. The molecule has 1 aliphatic heterocycles. The Labute approximate surface area is 280 Å². The highest BCUT2D eigenvalue weighted by molar-refractivity contribution is 6.07. The summed E-state index contributed by atoms with van der Waals surface area (Å²) in [6.07, 6.45) is 3.73. The summed E-state index contributed by atoms with van der Waals surface area (Å²) < 4.78 is 1.53. The average molecular weight is 648 g/mol. The van der Waals surface area contributed by atoms with Crippen molar-refractivity contribution in [2.24, 2.45) is 7.05 Å². The van der Waals surface area contributed by atoms with Crippen LogP contribution in [-0.2, 0) is 18.3 Å². The molecule has 0 radical (unpaired) electrons. The van der Waals surface area contributed by atoms with Crippen LogP contribution in [0.25, 0.3) is 11.1 Å². The van der Waals surface area contributed by atoms with Gasteiger partial charge in [-0.1, -0.05) is 24.8 Å². The Morgan fingerprint density at radius 1 is 0.979 bits per heavy atom. The number of anilines is 3. The molecule has 2 heterocycles. The smallest absolute Gasteiger partial charge is 0.255 e. The number of piperidine rings is 1. The van der Waals surface area contributed by atoms with Gasteiger partial charge in [-0.3, -0.25) is 19.2 Å². The van der Waals surface area contributed by atoms with Gasteiger partial charge in [-0.2, -0.15) is 0 Å². The van der Waals surface area contributed by atoms with Crippen LogP contribution in [0.1, 0.15) is 50.2 Å². The first-order valence-electron chi connectivity index (χ1n) is 15.9. The van der Waals surface area contributed by atoms with E-state index in [-0.39, 0.29) is 23.8 Å². The normalized spacial score (nSPS) is 13.1. The number of amides is 3. The number of benzene rings is 3. The van der Waals surface area contributed by atoms with Crippen molar-refractivity contribution in [2.75, 3.05) is 42.7 Å². The summed E-state index contributed by atoms with van der Waals surface area (Å²) in [5, 5.41) is 15.7. The monoisotopic (exact) mass is 647 g/mol. The van der Waals surface area contributed by atoms with E-state index in [1.54, 1.807) is 48.5 Å². The largest absolute Gasteiger partial charge is 0.393 e. The highest BCUT2D eigenvalue weighted by atomic mass is 16.3. The summed E-state index contributed by atoms with van der Waals surface area (Å²) >= 11 is 0. The molecule has 3 N–H and O–H groups in total. The van der Waals surface area contributed by atoms with E-state index in [0.29, 0.717) is 54.0 Å². The molecule has 10 heteroatoms. The molecule has 4 aromatic rings. The summed E-state index contributed by atoms with van der Waals surface area (Å²) in [7, 11) is 5.58. The van der Waals surface area contributed by atoms with Gasteiger partial charge in [0.25, 0.3) is 17.4 Å². The zero-order valence-electron chi connectivity index (χ0n) is 27.7. The molecule has 1 aliphatic rings. The number of rotatable bonds is 9. The van der Waals surface area contributed by atoms with E-state index in [9.17, 15) is 24.3 Å². The van der Waals surface area contributed by atoms with Crippen LogP contribution in [0.3, 0.4) is 0 Å². The quantitative estimate of drug-likeness (QED) is 0.220. The number of aliphatic hydroxyl groups is 1. The van der Waals surface area contributed by atoms with Crippen LogP contribution in [0, 0.1) is 6.92 Å². The first-order chi connectivity index (χ1) is 22.9. The van der Waals surface area contributed by atoms with Crippen molar-refractivity contribution in [1.29, 1.82) is 0 Å². The van der Waals surface area contributed by atoms with Crippen LogP contribution in [-0.4, -0.2) is 65.6 Å². The Kier molecular flexibility index (Phi) is 10.2. The highest BCUT2D eigenvalue weighted by Crippen LogP contribution is 2.30. The first-order valence-corrected chi connectivity index (χ1v) is 15.9. The first kappa shape index (κ1) is 33.9. The second-order valence-electron chi connectivity index (χ2n) is 12.3. The number of aliphatic hydroxyl groups excluding tert-OH is 1. The van der Waals surface area contributed by atoms with Gasteiger partial charge in [-0.25, -0.2) is 0 Å². The third kappa shape index (κ3) is 7.56. The molecule has 1 fully saturated rings. The topological polar surface area (TPSA) is 124 Å². The van der Waals surface area contributed by atoms with Crippen molar-refractivity contribution >= 4 is 34.8 Å². The number of carbonyl (C=O) groups is 3. The molecule has 10 nitrogen and oxygen atoms in total. The fraction of sp³-hybridized carbons (Fsp3) is 0.263. The molecule has 0 atom stereocenters. The van der Waals surface area contributed by atoms with E-state index in [4.69, 9.17) is 0 Å². The minimum absolute atomic E-state index is 0.175. The summed E-state index contributed by atoms with van der Waals surface area (Å²) in [5.74, 6) is -0.916. The van der Waals surface area contributed by atoms with Crippen molar-refractivity contribution < 1.29 is 19.5 Å². The molecular formula is C38H41N5O5. The number of hydrogen-bond donors (Lipinski definition) is 3. The molecule has 3 amide bonds. The molecule has 0 aliphatic carbocycles. The Bertz CT molecular complexity index is 1920. The molecule has 3 aromatic carbocycles. The van der Waals surface area contributed by atoms with Crippen molar-refractivity contribution in [3.8, 4) is 11.1 Å². The van der Waals surface area contributed by atoms with Crippen molar-refractivity contribution in [3.05, 3.63) is 124 Å². The molecule has 5 rings (SSSR count). The van der Waals surface area contributed by atoms with Gasteiger partial charge >= 0.3 is 0 Å². The molecule has 48 heavy (non-hydrogen) atoms. The van der Waals surface area contributed by atoms with Gasteiger partial charge < -0.3 is 30.1 Å². The number of aryl methyl sites for hydroxylation is 1. The fourth-order valence-electron chi connectivity index (χ4n) is 5.88. The third-order valence-electron chi connectivity index (χ3n) is 8.70. The molecule has 0 unspecified atom stereocenters. The van der Waals surface area contributed by atoms with Crippen LogP contribution >= 0.6 is 0 Å². The number of pyridine rings is 1. The number of likely N-dealkylation sites (tertiary alicyclic amines) is 1.